The van der Waals surface area contributed by atoms with Crippen molar-refractivity contribution in [1.29, 1.82) is 0 Å². The van der Waals surface area contributed by atoms with Crippen molar-refractivity contribution in [2.45, 2.75) is 48.8 Å². The number of rotatable bonds is 8. The second kappa shape index (κ2) is 6.58. The van der Waals surface area contributed by atoms with Crippen molar-refractivity contribution in [3.05, 3.63) is 0 Å². The third-order valence-electron chi connectivity index (χ3n) is 2.76. The molecule has 0 radical (unpaired) electrons. The van der Waals surface area contributed by atoms with Crippen LogP contribution in [0.4, 0.5) is 65.9 Å². The van der Waals surface area contributed by atoms with E-state index < -0.39 is 54.3 Å². The van der Waals surface area contributed by atoms with Gasteiger partial charge in [-0.05, 0) is 6.92 Å². The van der Waals surface area contributed by atoms with Gasteiger partial charge in [0.05, 0.1) is 0 Å². The normalized spacial score (nSPS) is 15.9. The van der Waals surface area contributed by atoms with Gasteiger partial charge in [0.2, 0.25) is 0 Å². The molecule has 0 aromatic heterocycles. The second-order valence-corrected chi connectivity index (χ2v) is 4.88. The number of carbonyl (C=O) groups excluding carboxylic acids is 1. The summed E-state index contributed by atoms with van der Waals surface area (Å²) in [5.41, 5.74) is 0. The van der Waals surface area contributed by atoms with Gasteiger partial charge in [0.15, 0.2) is 5.78 Å². The Hall–Kier alpha value is -1.42. The largest absolute Gasteiger partial charge is 0.460 e. The average molecular weight is 442 g/mol. The van der Waals surface area contributed by atoms with Crippen LogP contribution < -0.4 is 0 Å². The Morgan fingerprint density at radius 2 is 0.889 bits per heavy atom. The van der Waals surface area contributed by atoms with E-state index in [1.54, 1.807) is 0 Å². The number of Topliss-reactive ketones (excluding diaryl/α,β-unsaturated/α-hetero) is 1. The van der Waals surface area contributed by atoms with Gasteiger partial charge in [-0.1, -0.05) is 0 Å². The van der Waals surface area contributed by atoms with Crippen molar-refractivity contribution < 1.29 is 75.4 Å². The van der Waals surface area contributed by atoms with Crippen molar-refractivity contribution in [1.82, 2.24) is 0 Å². The molecule has 0 atom stereocenters. The minimum atomic E-state index is -8.37. The van der Waals surface area contributed by atoms with Gasteiger partial charge in [0, 0.05) is 0 Å². The van der Waals surface area contributed by atoms with Crippen molar-refractivity contribution in [2.24, 2.45) is 0 Å². The number of hydrogen-bond donors (Lipinski definition) is 0. The van der Waals surface area contributed by atoms with Crippen molar-refractivity contribution >= 4 is 5.78 Å². The van der Waals surface area contributed by atoms with Crippen LogP contribution in [0.5, 0.6) is 0 Å². The maximum absolute atomic E-state index is 13.1. The molecule has 27 heavy (non-hydrogen) atoms. The third kappa shape index (κ3) is 3.65. The predicted octanol–water partition coefficient (Wildman–Crippen LogP) is 4.92. The Balaban J connectivity index is 6.34. The molecular formula is C10H5F15O2. The van der Waals surface area contributed by atoms with E-state index in [0.717, 1.165) is 0 Å². The van der Waals surface area contributed by atoms with E-state index in [1.165, 1.54) is 0 Å². The van der Waals surface area contributed by atoms with E-state index in [4.69, 9.17) is 0 Å². The molecule has 162 valence electrons. The summed E-state index contributed by atoms with van der Waals surface area (Å²) >= 11 is 0. The van der Waals surface area contributed by atoms with Gasteiger partial charge in [0.1, 0.15) is 6.61 Å². The zero-order valence-corrected chi connectivity index (χ0v) is 12.2. The number of hydrogen-bond acceptors (Lipinski definition) is 2. The lowest BCUT2D eigenvalue weighted by Gasteiger charge is -2.41. The molecule has 0 heterocycles. The summed E-state index contributed by atoms with van der Waals surface area (Å²) in [7, 11) is 0. The van der Waals surface area contributed by atoms with Crippen LogP contribution in [-0.2, 0) is 9.53 Å². The minimum Gasteiger partial charge on any atom is -0.308 e. The van der Waals surface area contributed by atoms with Crippen LogP contribution in [0.3, 0.4) is 0 Å². The van der Waals surface area contributed by atoms with Crippen molar-refractivity contribution in [2.75, 3.05) is 6.61 Å². The monoisotopic (exact) mass is 442 g/mol. The van der Waals surface area contributed by atoms with Gasteiger partial charge in [0.25, 0.3) is 0 Å². The molecule has 0 bridgehead atoms. The van der Waals surface area contributed by atoms with Crippen molar-refractivity contribution in [3.8, 4) is 0 Å². The van der Waals surface area contributed by atoms with Crippen LogP contribution in [0.1, 0.15) is 6.92 Å². The first-order chi connectivity index (χ1) is 11.4. The zero-order valence-electron chi connectivity index (χ0n) is 12.2. The molecule has 0 aliphatic heterocycles. The fourth-order valence-corrected chi connectivity index (χ4v) is 1.24. The van der Waals surface area contributed by atoms with Crippen LogP contribution in [-0.4, -0.2) is 54.3 Å². The Kier molecular flexibility index (Phi) is 6.23. The number of halogens is 15. The van der Waals surface area contributed by atoms with E-state index in [2.05, 4.69) is 4.74 Å². The van der Waals surface area contributed by atoms with Gasteiger partial charge in [-0.3, -0.25) is 4.79 Å². The molecule has 2 nitrogen and oxygen atoms in total. The average Bonchev–Trinajstić information content (AvgIpc) is 2.42. The topological polar surface area (TPSA) is 26.3 Å². The highest BCUT2D eigenvalue weighted by Gasteiger charge is 2.93. The molecule has 0 rings (SSSR count). The number of carbonyl (C=O) groups is 1. The molecule has 0 aromatic carbocycles. The van der Waals surface area contributed by atoms with Gasteiger partial charge in [-0.2, -0.15) is 65.9 Å². The van der Waals surface area contributed by atoms with E-state index in [0.29, 0.717) is 6.92 Å². The second-order valence-electron chi connectivity index (χ2n) is 4.88. The minimum absolute atomic E-state index is 0.332. The Labute approximate surface area is 138 Å². The van der Waals surface area contributed by atoms with Crippen LogP contribution in [0, 0.1) is 0 Å². The first kappa shape index (κ1) is 25.6. The lowest BCUT2D eigenvalue weighted by atomic mass is 9.93. The predicted molar refractivity (Wildman–Crippen MR) is 52.4 cm³/mol. The van der Waals surface area contributed by atoms with Crippen LogP contribution in [0.25, 0.3) is 0 Å². The zero-order chi connectivity index (χ0) is 22.5. The van der Waals surface area contributed by atoms with E-state index in [9.17, 15) is 70.7 Å². The lowest BCUT2D eigenvalue weighted by Crippen LogP contribution is -2.72. The van der Waals surface area contributed by atoms with Crippen LogP contribution in [0.2, 0.25) is 0 Å². The highest BCUT2D eigenvalue weighted by molar-refractivity contribution is 5.76. The molecule has 0 saturated heterocycles. The maximum Gasteiger partial charge on any atom is 0.460 e. The summed E-state index contributed by atoms with van der Waals surface area (Å²) in [6.07, 6.45) is -14.5. The molecule has 0 aromatic rings. The summed E-state index contributed by atoms with van der Waals surface area (Å²) in [4.78, 5) is 10.3. The smallest absolute Gasteiger partial charge is 0.308 e. The molecule has 17 heteroatoms. The van der Waals surface area contributed by atoms with Gasteiger partial charge in [-0.15, -0.1) is 0 Å². The molecule has 0 saturated carbocycles. The van der Waals surface area contributed by atoms with Crippen LogP contribution in [0.15, 0.2) is 0 Å². The number of ketones is 1. The molecule has 0 aliphatic carbocycles. The first-order valence-corrected chi connectivity index (χ1v) is 5.89. The molecule has 0 unspecified atom stereocenters. The number of ether oxygens (including phenoxy) is 1. The summed E-state index contributed by atoms with van der Waals surface area (Å²) in [5.74, 6) is -42.3. The summed E-state index contributed by atoms with van der Waals surface area (Å²) in [6.45, 7) is -1.82. The van der Waals surface area contributed by atoms with Gasteiger partial charge >= 0.3 is 41.9 Å². The molecule has 0 N–H and O–H groups in total. The van der Waals surface area contributed by atoms with E-state index in [1.807, 2.05) is 0 Å². The van der Waals surface area contributed by atoms with Gasteiger partial charge < -0.3 is 4.74 Å². The molecular weight excluding hydrogens is 437 g/mol. The Morgan fingerprint density at radius 3 is 1.19 bits per heavy atom. The fourth-order valence-electron chi connectivity index (χ4n) is 1.24. The first-order valence-electron chi connectivity index (χ1n) is 5.89. The van der Waals surface area contributed by atoms with E-state index in [-0.39, 0.29) is 0 Å². The Bertz CT molecular complexity index is 561. The third-order valence-corrected chi connectivity index (χ3v) is 2.76. The lowest BCUT2D eigenvalue weighted by molar-refractivity contribution is -0.471. The highest BCUT2D eigenvalue weighted by atomic mass is 19.4. The molecule has 0 spiro atoms. The summed E-state index contributed by atoms with van der Waals surface area (Å²) < 4.78 is 193. The SMILES string of the molecule is CC(=O)COC(F)(F)C(F)(F)C(F)(F)C(F)(F)C(F)(F)C(F)(F)C(F)(F)F. The molecule has 0 amide bonds. The maximum atomic E-state index is 13.1. The fraction of sp³-hybridized carbons (Fsp3) is 0.900. The Morgan fingerprint density at radius 1 is 0.593 bits per heavy atom. The van der Waals surface area contributed by atoms with E-state index >= 15 is 0 Å². The van der Waals surface area contributed by atoms with Crippen LogP contribution >= 0.6 is 0 Å². The standard InChI is InChI=1S/C10H5F15O2/c1-3(26)2-27-10(24,25)8(19,20)6(15,16)4(11,12)5(13,14)7(17,18)9(21,22)23/h2H2,1H3. The molecule has 0 fully saturated rings. The molecule has 0 aliphatic rings. The summed E-state index contributed by atoms with van der Waals surface area (Å²) in [6, 6.07) is 0. The number of alkyl halides is 15. The summed E-state index contributed by atoms with van der Waals surface area (Å²) in [5, 5.41) is 0. The van der Waals surface area contributed by atoms with Crippen molar-refractivity contribution in [3.63, 3.8) is 0 Å². The quantitative estimate of drug-likeness (QED) is 0.499. The van der Waals surface area contributed by atoms with Gasteiger partial charge in [-0.25, -0.2) is 0 Å². The highest BCUT2D eigenvalue weighted by Crippen LogP contribution is 2.62.